The highest BCUT2D eigenvalue weighted by Gasteiger charge is 2.41. The Morgan fingerprint density at radius 3 is 0.951 bits per heavy atom. The maximum atomic E-state index is 13.9. The number of hydrogen-bond acceptors (Lipinski definition) is 0. The summed E-state index contributed by atoms with van der Waals surface area (Å²) >= 11 is 0. The normalized spacial score (nSPS) is 11.8. The molecule has 0 heterocycles. The zero-order valence-electron chi connectivity index (χ0n) is 22.5. The molecule has 0 saturated carbocycles. The second-order valence-electron chi connectivity index (χ2n) is 10.2. The monoisotopic (exact) mass is 570 g/mol. The minimum absolute atomic E-state index is 0.292. The first kappa shape index (κ1) is 26.9. The maximum absolute atomic E-state index is 13.9. The van der Waals surface area contributed by atoms with Crippen molar-refractivity contribution >= 4 is 57.9 Å². The Bertz CT molecular complexity index is 1640. The van der Waals surface area contributed by atoms with Crippen LogP contribution in [-0.4, -0.2) is 14.4 Å². The van der Waals surface area contributed by atoms with Gasteiger partial charge >= 0.3 is 0 Å². The summed E-state index contributed by atoms with van der Waals surface area (Å²) in [6.07, 6.45) is 4.78. The molecule has 6 aromatic carbocycles. The molecule has 6 rings (SSSR count). The molecule has 0 radical (unpaired) electrons. The lowest BCUT2D eigenvalue weighted by Crippen LogP contribution is -2.74. The fourth-order valence-corrected chi connectivity index (χ4v) is 13.5. The summed E-state index contributed by atoms with van der Waals surface area (Å²) in [6, 6.07) is 54.4. The lowest BCUT2D eigenvalue weighted by molar-refractivity contribution is 0.628. The summed E-state index contributed by atoms with van der Waals surface area (Å²) in [7, 11) is -2.66. The van der Waals surface area contributed by atoms with Crippen LogP contribution in [0.4, 0.5) is 8.78 Å². The van der Waals surface area contributed by atoms with E-state index in [1.165, 1.54) is 45.0 Å². The van der Waals surface area contributed by atoms with Gasteiger partial charge in [0.1, 0.15) is 11.6 Å². The quantitative estimate of drug-likeness (QED) is 0.143. The molecule has 0 aliphatic carbocycles. The maximum Gasteiger partial charge on any atom is 0.179 e. The van der Waals surface area contributed by atoms with Gasteiger partial charge in [-0.1, -0.05) is 146 Å². The first-order valence-electron chi connectivity index (χ1n) is 13.6. The molecule has 200 valence electrons. The van der Waals surface area contributed by atoms with E-state index in [2.05, 4.69) is 115 Å². The second kappa shape index (κ2) is 11.3. The van der Waals surface area contributed by atoms with Crippen LogP contribution in [0.3, 0.4) is 0 Å². The molecule has 0 amide bonds. The number of hydrogen-bond donors (Lipinski definition) is 0. The second-order valence-corrected chi connectivity index (χ2v) is 17.1. The summed E-state index contributed by atoms with van der Waals surface area (Å²) < 4.78 is 27.9. The van der Waals surface area contributed by atoms with E-state index in [9.17, 15) is 8.78 Å². The highest BCUT2D eigenvalue weighted by atomic mass is 31.2. The fourth-order valence-electron chi connectivity index (χ4n) is 5.87. The third kappa shape index (κ3) is 4.82. The summed E-state index contributed by atoms with van der Waals surface area (Å²) in [5, 5.41) is 8.10. The first-order chi connectivity index (χ1) is 20.0. The van der Waals surface area contributed by atoms with E-state index in [0.29, 0.717) is 0 Å². The molecule has 0 bridgehead atoms. The van der Waals surface area contributed by atoms with Gasteiger partial charge in [-0.15, -0.1) is 0 Å². The lowest BCUT2D eigenvalue weighted by atomic mass is 10.3. The van der Waals surface area contributed by atoms with Crippen molar-refractivity contribution in [3.8, 4) is 0 Å². The Kier molecular flexibility index (Phi) is 7.41. The summed E-state index contributed by atoms with van der Waals surface area (Å²) in [6.45, 7) is -2.42. The zero-order valence-corrected chi connectivity index (χ0v) is 24.4. The molecule has 0 fully saturated rings. The Hall–Kier alpha value is -4.30. The Balaban J connectivity index is 1.59. The van der Waals surface area contributed by atoms with E-state index < -0.39 is 15.0 Å². The van der Waals surface area contributed by atoms with Crippen molar-refractivity contribution in [2.24, 2.45) is 0 Å². The van der Waals surface area contributed by atoms with Gasteiger partial charge in [0.05, 0.1) is 0 Å². The SMILES string of the molecule is C=P(c1ccc(F)cc1)(c1ccc(F)cc1)c1ccc([Si](c2ccccc2)(c2ccccc2)c2ccccc2)cc1. The predicted octanol–water partition coefficient (Wildman–Crippen LogP) is 5.07. The molecular formula is C37H29F2PSi. The zero-order chi connectivity index (χ0) is 28.3. The highest BCUT2D eigenvalue weighted by molar-refractivity contribution is 7.93. The van der Waals surface area contributed by atoms with E-state index >= 15 is 0 Å². The van der Waals surface area contributed by atoms with Gasteiger partial charge in [-0.25, -0.2) is 8.78 Å². The van der Waals surface area contributed by atoms with E-state index in [-0.39, 0.29) is 11.6 Å². The molecule has 0 saturated heterocycles. The molecule has 0 atom stereocenters. The standard InChI is InChI=1S/C37H29F2PSi/c1-40(31-21-17-29(38)18-22-31,32-23-19-30(39)20-24-32)33-25-27-37(28-26-33)41(34-11-5-2-6-12-34,35-13-7-3-8-14-35)36-15-9-4-10-16-36/h2-28H,1H2. The van der Waals surface area contributed by atoms with Crippen LogP contribution < -0.4 is 36.7 Å². The number of halogens is 2. The van der Waals surface area contributed by atoms with Crippen molar-refractivity contribution in [2.45, 2.75) is 0 Å². The van der Waals surface area contributed by atoms with Crippen molar-refractivity contribution < 1.29 is 8.78 Å². The van der Waals surface area contributed by atoms with E-state index in [4.69, 9.17) is 6.30 Å². The Morgan fingerprint density at radius 1 is 0.366 bits per heavy atom. The Labute approximate surface area is 241 Å². The van der Waals surface area contributed by atoms with Crippen molar-refractivity contribution in [2.75, 3.05) is 0 Å². The largest absolute Gasteiger partial charge is 0.207 e. The third-order valence-corrected chi connectivity index (χ3v) is 16.2. The smallest absolute Gasteiger partial charge is 0.179 e. The molecule has 0 spiro atoms. The molecule has 0 N–H and O–H groups in total. The third-order valence-electron chi connectivity index (χ3n) is 7.90. The lowest BCUT2D eigenvalue weighted by Gasteiger charge is -2.35. The van der Waals surface area contributed by atoms with Gasteiger partial charge < -0.3 is 0 Å². The van der Waals surface area contributed by atoms with Crippen molar-refractivity contribution in [3.05, 3.63) is 175 Å². The summed E-state index contributed by atoms with van der Waals surface area (Å²) in [5.41, 5.74) is 0. The van der Waals surface area contributed by atoms with Gasteiger partial charge in [0, 0.05) is 0 Å². The number of rotatable bonds is 7. The topological polar surface area (TPSA) is 0 Å². The van der Waals surface area contributed by atoms with E-state index in [1.54, 1.807) is 0 Å². The van der Waals surface area contributed by atoms with Gasteiger partial charge in [0.2, 0.25) is 0 Å². The molecule has 41 heavy (non-hydrogen) atoms. The summed E-state index contributed by atoms with van der Waals surface area (Å²) in [5.74, 6) is -0.585. The molecular weight excluding hydrogens is 541 g/mol. The van der Waals surface area contributed by atoms with E-state index in [0.717, 1.165) is 15.9 Å². The van der Waals surface area contributed by atoms with Crippen molar-refractivity contribution in [1.29, 1.82) is 0 Å². The van der Waals surface area contributed by atoms with Gasteiger partial charge in [0.25, 0.3) is 0 Å². The van der Waals surface area contributed by atoms with Crippen LogP contribution in [0.15, 0.2) is 164 Å². The van der Waals surface area contributed by atoms with Crippen LogP contribution in [-0.2, 0) is 0 Å². The predicted molar refractivity (Wildman–Crippen MR) is 176 cm³/mol. The van der Waals surface area contributed by atoms with Gasteiger partial charge in [-0.05, 0) is 67.8 Å². The van der Waals surface area contributed by atoms with Crippen LogP contribution in [0, 0.1) is 11.6 Å². The Morgan fingerprint density at radius 2 is 0.634 bits per heavy atom. The molecule has 4 heteroatoms. The molecule has 0 nitrogen and oxygen atoms in total. The fraction of sp³-hybridized carbons (Fsp3) is 0. The average Bonchev–Trinajstić information content (AvgIpc) is 3.04. The molecule has 0 aliphatic heterocycles. The van der Waals surface area contributed by atoms with Gasteiger partial charge in [-0.2, -0.15) is 0 Å². The number of benzene rings is 6. The highest BCUT2D eigenvalue weighted by Crippen LogP contribution is 2.41. The van der Waals surface area contributed by atoms with Crippen LogP contribution in [0.5, 0.6) is 0 Å². The van der Waals surface area contributed by atoms with Gasteiger partial charge in [0.15, 0.2) is 8.07 Å². The molecule has 0 aliphatic rings. The van der Waals surface area contributed by atoms with Gasteiger partial charge in [-0.3, -0.25) is 0 Å². The van der Waals surface area contributed by atoms with Crippen LogP contribution in [0.2, 0.25) is 0 Å². The average molecular weight is 571 g/mol. The van der Waals surface area contributed by atoms with Crippen LogP contribution >= 0.6 is 6.89 Å². The minimum Gasteiger partial charge on any atom is -0.207 e. The first-order valence-corrected chi connectivity index (χ1v) is 17.5. The van der Waals surface area contributed by atoms with Crippen molar-refractivity contribution in [3.63, 3.8) is 0 Å². The molecule has 6 aromatic rings. The van der Waals surface area contributed by atoms with Crippen LogP contribution in [0.1, 0.15) is 0 Å². The van der Waals surface area contributed by atoms with E-state index in [1.807, 2.05) is 24.3 Å². The molecule has 0 aromatic heterocycles. The van der Waals surface area contributed by atoms with Crippen molar-refractivity contribution in [1.82, 2.24) is 0 Å². The van der Waals surface area contributed by atoms with Crippen LogP contribution in [0.25, 0.3) is 0 Å². The molecule has 0 unspecified atom stereocenters. The summed E-state index contributed by atoms with van der Waals surface area (Å²) in [4.78, 5) is 0. The minimum atomic E-state index is -2.66.